The summed E-state index contributed by atoms with van der Waals surface area (Å²) in [6, 6.07) is 5.07. The van der Waals surface area contributed by atoms with E-state index in [9.17, 15) is 9.59 Å². The van der Waals surface area contributed by atoms with Gasteiger partial charge in [0.05, 0.1) is 12.0 Å². The van der Waals surface area contributed by atoms with Gasteiger partial charge in [-0.05, 0) is 6.07 Å². The Kier molecular flexibility index (Phi) is 2.37. The van der Waals surface area contributed by atoms with E-state index >= 15 is 0 Å². The average molecular weight is 202 g/mol. The summed E-state index contributed by atoms with van der Waals surface area (Å²) in [6.45, 7) is 3.86. The lowest BCUT2D eigenvalue weighted by atomic mass is 10.1. The molecule has 0 heterocycles. The minimum Gasteiger partial charge on any atom is -0.489 e. The summed E-state index contributed by atoms with van der Waals surface area (Å²) in [5, 5.41) is 0. The minimum atomic E-state index is -0.158. The van der Waals surface area contributed by atoms with E-state index in [4.69, 9.17) is 4.74 Å². The lowest BCUT2D eigenvalue weighted by Gasteiger charge is -2.06. The third-order valence-corrected chi connectivity index (χ3v) is 2.28. The number of hydrogen-bond donors (Lipinski definition) is 0. The van der Waals surface area contributed by atoms with Crippen LogP contribution in [0.5, 0.6) is 5.75 Å². The fourth-order valence-corrected chi connectivity index (χ4v) is 1.65. The molecule has 1 aromatic carbocycles. The van der Waals surface area contributed by atoms with Crippen LogP contribution in [0.15, 0.2) is 30.9 Å². The van der Waals surface area contributed by atoms with Crippen LogP contribution in [-0.4, -0.2) is 18.2 Å². The van der Waals surface area contributed by atoms with Gasteiger partial charge >= 0.3 is 0 Å². The summed E-state index contributed by atoms with van der Waals surface area (Å²) < 4.78 is 5.33. The molecule has 0 spiro atoms. The molecule has 0 saturated carbocycles. The molecule has 3 heteroatoms. The summed E-state index contributed by atoms with van der Waals surface area (Å²) in [7, 11) is 0. The predicted molar refractivity (Wildman–Crippen MR) is 55.4 cm³/mol. The number of ether oxygens (including phenoxy) is 1. The highest BCUT2D eigenvalue weighted by Crippen LogP contribution is 2.30. The van der Waals surface area contributed by atoms with Gasteiger partial charge in [-0.1, -0.05) is 24.8 Å². The van der Waals surface area contributed by atoms with Gasteiger partial charge in [0.2, 0.25) is 0 Å². The molecule has 76 valence electrons. The Morgan fingerprint density at radius 2 is 2.13 bits per heavy atom. The smallest absolute Gasteiger partial charge is 0.175 e. The van der Waals surface area contributed by atoms with Crippen LogP contribution in [0, 0.1) is 0 Å². The number of fused-ring (bicyclic) bond motifs is 1. The summed E-state index contributed by atoms with van der Waals surface area (Å²) >= 11 is 0. The van der Waals surface area contributed by atoms with Gasteiger partial charge in [-0.2, -0.15) is 0 Å². The van der Waals surface area contributed by atoms with Crippen LogP contribution in [0.1, 0.15) is 27.1 Å². The van der Waals surface area contributed by atoms with Crippen molar-refractivity contribution in [2.75, 3.05) is 6.61 Å². The molecule has 15 heavy (non-hydrogen) atoms. The fraction of sp³-hybridized carbons (Fsp3) is 0.167. The van der Waals surface area contributed by atoms with Crippen molar-refractivity contribution in [3.8, 4) is 5.75 Å². The van der Waals surface area contributed by atoms with Crippen molar-refractivity contribution >= 4 is 11.6 Å². The van der Waals surface area contributed by atoms with E-state index in [0.717, 1.165) is 0 Å². The van der Waals surface area contributed by atoms with Crippen LogP contribution in [0.4, 0.5) is 0 Å². The first kappa shape index (κ1) is 9.65. The Labute approximate surface area is 87.4 Å². The van der Waals surface area contributed by atoms with E-state index < -0.39 is 0 Å². The van der Waals surface area contributed by atoms with E-state index in [0.29, 0.717) is 23.5 Å². The van der Waals surface area contributed by atoms with E-state index in [1.54, 1.807) is 24.3 Å². The van der Waals surface area contributed by atoms with Crippen molar-refractivity contribution in [1.29, 1.82) is 0 Å². The van der Waals surface area contributed by atoms with Crippen molar-refractivity contribution in [3.05, 3.63) is 42.0 Å². The highest BCUT2D eigenvalue weighted by molar-refractivity contribution is 6.25. The van der Waals surface area contributed by atoms with E-state index in [2.05, 4.69) is 6.58 Å². The molecule has 0 aliphatic heterocycles. The zero-order valence-corrected chi connectivity index (χ0v) is 8.16. The molecule has 1 aromatic rings. The lowest BCUT2D eigenvalue weighted by molar-refractivity contribution is 0.0922. The standard InChI is InChI=1S/C12H10O3/c1-2-6-15-11-5-3-4-8-9(13)7-10(14)12(8)11/h2-5H,1,6-7H2. The number of Topliss-reactive ketones (excluding diaryl/α,β-unsaturated/α-hetero) is 2. The van der Waals surface area contributed by atoms with Gasteiger partial charge in [0, 0.05) is 5.56 Å². The number of carbonyl (C=O) groups excluding carboxylic acids is 2. The normalized spacial score (nSPS) is 13.9. The van der Waals surface area contributed by atoms with Gasteiger partial charge in [0.1, 0.15) is 12.4 Å². The molecule has 0 atom stereocenters. The Morgan fingerprint density at radius 1 is 1.33 bits per heavy atom. The zero-order chi connectivity index (χ0) is 10.8. The molecule has 0 saturated heterocycles. The molecule has 0 radical (unpaired) electrons. The SMILES string of the molecule is C=CCOc1cccc2c1C(=O)CC2=O. The van der Waals surface area contributed by atoms with E-state index in [1.165, 1.54) is 0 Å². The topological polar surface area (TPSA) is 43.4 Å². The number of ketones is 2. The van der Waals surface area contributed by atoms with Crippen molar-refractivity contribution in [2.24, 2.45) is 0 Å². The molecular weight excluding hydrogens is 192 g/mol. The van der Waals surface area contributed by atoms with Crippen molar-refractivity contribution in [2.45, 2.75) is 6.42 Å². The number of carbonyl (C=O) groups is 2. The molecule has 0 amide bonds. The van der Waals surface area contributed by atoms with E-state index in [1.807, 2.05) is 0 Å². The second-order valence-electron chi connectivity index (χ2n) is 3.30. The van der Waals surface area contributed by atoms with Gasteiger partial charge in [-0.15, -0.1) is 0 Å². The largest absolute Gasteiger partial charge is 0.489 e. The van der Waals surface area contributed by atoms with Crippen molar-refractivity contribution in [3.63, 3.8) is 0 Å². The molecule has 0 fully saturated rings. The third kappa shape index (κ3) is 1.56. The first-order valence-corrected chi connectivity index (χ1v) is 4.67. The van der Waals surface area contributed by atoms with Crippen LogP contribution < -0.4 is 4.74 Å². The fourth-order valence-electron chi connectivity index (χ4n) is 1.65. The minimum absolute atomic E-state index is 0.0379. The van der Waals surface area contributed by atoms with Crippen LogP contribution in [0.3, 0.4) is 0 Å². The van der Waals surface area contributed by atoms with E-state index in [-0.39, 0.29) is 18.0 Å². The summed E-state index contributed by atoms with van der Waals surface area (Å²) in [5.41, 5.74) is 0.894. The summed E-state index contributed by atoms with van der Waals surface area (Å²) in [6.07, 6.45) is 1.56. The summed E-state index contributed by atoms with van der Waals surface area (Å²) in [5.74, 6) is 0.192. The second-order valence-corrected chi connectivity index (χ2v) is 3.30. The highest BCUT2D eigenvalue weighted by atomic mass is 16.5. The molecule has 1 aliphatic rings. The maximum atomic E-state index is 11.5. The monoisotopic (exact) mass is 202 g/mol. The van der Waals surface area contributed by atoms with Crippen LogP contribution in [-0.2, 0) is 0 Å². The van der Waals surface area contributed by atoms with Crippen LogP contribution in [0.2, 0.25) is 0 Å². The third-order valence-electron chi connectivity index (χ3n) is 2.28. The summed E-state index contributed by atoms with van der Waals surface area (Å²) in [4.78, 5) is 22.9. The van der Waals surface area contributed by atoms with Gasteiger partial charge in [0.15, 0.2) is 11.6 Å². The molecule has 2 rings (SSSR count). The Hall–Kier alpha value is -1.90. The number of benzene rings is 1. The maximum absolute atomic E-state index is 11.5. The average Bonchev–Trinajstić information content (AvgIpc) is 2.53. The Balaban J connectivity index is 2.45. The molecule has 0 aromatic heterocycles. The lowest BCUT2D eigenvalue weighted by Crippen LogP contribution is -2.00. The first-order chi connectivity index (χ1) is 7.24. The van der Waals surface area contributed by atoms with Gasteiger partial charge < -0.3 is 4.74 Å². The van der Waals surface area contributed by atoms with Crippen molar-refractivity contribution < 1.29 is 14.3 Å². The van der Waals surface area contributed by atoms with Crippen molar-refractivity contribution in [1.82, 2.24) is 0 Å². The second kappa shape index (κ2) is 3.69. The zero-order valence-electron chi connectivity index (χ0n) is 8.16. The molecular formula is C12H10O3. The van der Waals surface area contributed by atoms with Gasteiger partial charge in [-0.25, -0.2) is 0 Å². The Bertz CT molecular complexity index is 446. The van der Waals surface area contributed by atoms with Crippen LogP contribution in [0.25, 0.3) is 0 Å². The molecule has 0 bridgehead atoms. The van der Waals surface area contributed by atoms with Crippen LogP contribution >= 0.6 is 0 Å². The molecule has 0 N–H and O–H groups in total. The quantitative estimate of drug-likeness (QED) is 0.556. The van der Waals surface area contributed by atoms with Gasteiger partial charge in [-0.3, -0.25) is 9.59 Å². The predicted octanol–water partition coefficient (Wildman–Crippen LogP) is 2.02. The maximum Gasteiger partial charge on any atom is 0.175 e. The molecule has 3 nitrogen and oxygen atoms in total. The highest BCUT2D eigenvalue weighted by Gasteiger charge is 2.30. The first-order valence-electron chi connectivity index (χ1n) is 4.67. The van der Waals surface area contributed by atoms with Gasteiger partial charge in [0.25, 0.3) is 0 Å². The molecule has 1 aliphatic carbocycles. The number of rotatable bonds is 3. The Morgan fingerprint density at radius 3 is 2.87 bits per heavy atom. The number of hydrogen-bond acceptors (Lipinski definition) is 3. The molecule has 0 unspecified atom stereocenters.